The second-order valence-electron chi connectivity index (χ2n) is 3.45. The summed E-state index contributed by atoms with van der Waals surface area (Å²) in [6.45, 7) is 0. The maximum atomic E-state index is 13.4. The van der Waals surface area contributed by atoms with Crippen LogP contribution in [-0.2, 0) is 14.8 Å². The molecule has 0 aliphatic rings. The van der Waals surface area contributed by atoms with E-state index in [4.69, 9.17) is 5.11 Å². The van der Waals surface area contributed by atoms with E-state index in [1.807, 2.05) is 4.72 Å². The van der Waals surface area contributed by atoms with Crippen molar-refractivity contribution in [3.05, 3.63) is 24.1 Å². The molecule has 0 aromatic carbocycles. The number of rotatable bonds is 6. The molecule has 2 rings (SSSR count). The molecule has 12 heteroatoms. The molecule has 0 spiro atoms. The molecular formula is C9H7FN4O4S3. The molecule has 0 amide bonds. The largest absolute Gasteiger partial charge is 0.481 e. The Morgan fingerprint density at radius 1 is 1.48 bits per heavy atom. The Labute approximate surface area is 126 Å². The minimum absolute atomic E-state index is 0.104. The van der Waals surface area contributed by atoms with Crippen molar-refractivity contribution in [1.82, 2.24) is 15.2 Å². The van der Waals surface area contributed by atoms with Gasteiger partial charge in [-0.2, -0.15) is 8.42 Å². The molecule has 21 heavy (non-hydrogen) atoms. The van der Waals surface area contributed by atoms with E-state index in [0.717, 1.165) is 35.4 Å². The third-order valence-electron chi connectivity index (χ3n) is 1.93. The highest BCUT2D eigenvalue weighted by Gasteiger charge is 2.22. The van der Waals surface area contributed by atoms with Crippen molar-refractivity contribution in [3.63, 3.8) is 0 Å². The minimum Gasteiger partial charge on any atom is -0.481 e. The molecule has 2 aromatic rings. The molecule has 2 N–H and O–H groups in total. The summed E-state index contributed by atoms with van der Waals surface area (Å²) >= 11 is 1.73. The van der Waals surface area contributed by atoms with Crippen molar-refractivity contribution < 1.29 is 22.7 Å². The number of sulfonamides is 1. The maximum Gasteiger partial charge on any atom is 0.313 e. The van der Waals surface area contributed by atoms with Gasteiger partial charge in [0.1, 0.15) is 0 Å². The van der Waals surface area contributed by atoms with Gasteiger partial charge < -0.3 is 5.11 Å². The molecular weight excluding hydrogens is 343 g/mol. The predicted molar refractivity (Wildman–Crippen MR) is 73.3 cm³/mol. The Kier molecular flexibility index (Phi) is 4.69. The predicted octanol–water partition coefficient (Wildman–Crippen LogP) is 1.05. The van der Waals surface area contributed by atoms with Crippen molar-refractivity contribution in [2.45, 2.75) is 9.37 Å². The number of halogens is 1. The van der Waals surface area contributed by atoms with Crippen LogP contribution in [0.15, 0.2) is 27.7 Å². The van der Waals surface area contributed by atoms with Crippen LogP contribution in [0.4, 0.5) is 9.52 Å². The number of thioether (sulfide) groups is 1. The van der Waals surface area contributed by atoms with Gasteiger partial charge in [-0.25, -0.2) is 9.37 Å². The Morgan fingerprint density at radius 2 is 2.24 bits per heavy atom. The lowest BCUT2D eigenvalue weighted by Crippen LogP contribution is -2.16. The van der Waals surface area contributed by atoms with Gasteiger partial charge in [-0.15, -0.1) is 10.2 Å². The van der Waals surface area contributed by atoms with E-state index in [0.29, 0.717) is 0 Å². The van der Waals surface area contributed by atoms with E-state index in [1.54, 1.807) is 0 Å². The highest BCUT2D eigenvalue weighted by molar-refractivity contribution is 8.01. The van der Waals surface area contributed by atoms with E-state index in [-0.39, 0.29) is 15.2 Å². The highest BCUT2D eigenvalue weighted by atomic mass is 32.2. The summed E-state index contributed by atoms with van der Waals surface area (Å²) in [5.41, 5.74) is 0. The number of pyridine rings is 1. The third-order valence-corrected chi connectivity index (χ3v) is 5.28. The van der Waals surface area contributed by atoms with Crippen molar-refractivity contribution >= 4 is 44.2 Å². The number of hydrogen-bond donors (Lipinski definition) is 2. The molecule has 0 unspecified atom stereocenters. The molecule has 8 nitrogen and oxygen atoms in total. The van der Waals surface area contributed by atoms with E-state index in [1.165, 1.54) is 6.07 Å². The summed E-state index contributed by atoms with van der Waals surface area (Å²) in [5.74, 6) is -2.25. The minimum atomic E-state index is -4.22. The first-order valence-corrected chi connectivity index (χ1v) is 8.48. The zero-order chi connectivity index (χ0) is 15.5. The number of aromatic nitrogens is 3. The zero-order valence-electron chi connectivity index (χ0n) is 10.1. The smallest absolute Gasteiger partial charge is 0.313 e. The molecule has 0 aliphatic carbocycles. The maximum absolute atomic E-state index is 13.4. The number of aliphatic carboxylic acids is 1. The number of nitrogens with one attached hydrogen (secondary N) is 1. The first-order chi connectivity index (χ1) is 9.88. The van der Waals surface area contributed by atoms with Gasteiger partial charge in [-0.05, 0) is 12.1 Å². The van der Waals surface area contributed by atoms with E-state index < -0.39 is 26.8 Å². The molecule has 0 aliphatic heterocycles. The quantitative estimate of drug-likeness (QED) is 0.741. The average molecular weight is 350 g/mol. The third kappa shape index (κ3) is 4.09. The van der Waals surface area contributed by atoms with Gasteiger partial charge in [-0.1, -0.05) is 23.1 Å². The summed E-state index contributed by atoms with van der Waals surface area (Å²) in [7, 11) is -4.22. The topological polar surface area (TPSA) is 122 Å². The van der Waals surface area contributed by atoms with Gasteiger partial charge in [0.15, 0.2) is 10.2 Å². The highest BCUT2D eigenvalue weighted by Crippen LogP contribution is 2.26. The van der Waals surface area contributed by atoms with Crippen LogP contribution in [0.1, 0.15) is 0 Å². The molecule has 0 saturated carbocycles. The van der Waals surface area contributed by atoms with Gasteiger partial charge in [0.05, 0.1) is 5.75 Å². The van der Waals surface area contributed by atoms with Crippen LogP contribution in [0, 0.1) is 5.82 Å². The lowest BCUT2D eigenvalue weighted by atomic mass is 10.5. The van der Waals surface area contributed by atoms with E-state index in [9.17, 15) is 17.6 Å². The lowest BCUT2D eigenvalue weighted by Gasteiger charge is -2.03. The number of carboxylic acids is 1. The molecule has 2 heterocycles. The number of anilines is 1. The Hall–Kier alpha value is -1.79. The van der Waals surface area contributed by atoms with Gasteiger partial charge in [0.2, 0.25) is 10.2 Å². The van der Waals surface area contributed by atoms with Crippen molar-refractivity contribution in [1.29, 1.82) is 0 Å². The van der Waals surface area contributed by atoms with Crippen LogP contribution < -0.4 is 4.72 Å². The van der Waals surface area contributed by atoms with Crippen molar-refractivity contribution in [2.75, 3.05) is 10.5 Å². The zero-order valence-corrected chi connectivity index (χ0v) is 12.5. The van der Waals surface area contributed by atoms with E-state index in [2.05, 4.69) is 15.2 Å². The SMILES string of the molecule is O=C(O)CSc1nnc(NS(=O)(=O)c2ncccc2F)s1. The molecule has 0 bridgehead atoms. The molecule has 0 saturated heterocycles. The van der Waals surface area contributed by atoms with Crippen LogP contribution in [0.3, 0.4) is 0 Å². The number of hydrogen-bond acceptors (Lipinski definition) is 8. The number of carboxylic acid groups (broad SMARTS) is 1. The summed E-state index contributed by atoms with van der Waals surface area (Å²) in [6, 6.07) is 2.23. The Balaban J connectivity index is 2.14. The first-order valence-electron chi connectivity index (χ1n) is 5.20. The fraction of sp³-hybridized carbons (Fsp3) is 0.111. The van der Waals surface area contributed by atoms with Crippen molar-refractivity contribution in [2.24, 2.45) is 0 Å². The van der Waals surface area contributed by atoms with Crippen LogP contribution in [0.25, 0.3) is 0 Å². The summed E-state index contributed by atoms with van der Waals surface area (Å²) in [5, 5.41) is 14.8. The standard InChI is InChI=1S/C9H7FN4O4S3/c10-5-2-1-3-11-7(5)21(17,18)14-8-12-13-9(20-8)19-4-6(15)16/h1-3H,4H2,(H,12,14)(H,15,16). The van der Waals surface area contributed by atoms with Crippen LogP contribution in [0.5, 0.6) is 0 Å². The normalized spacial score (nSPS) is 11.3. The van der Waals surface area contributed by atoms with Crippen LogP contribution >= 0.6 is 23.1 Å². The molecule has 0 radical (unpaired) electrons. The Morgan fingerprint density at radius 3 is 2.90 bits per heavy atom. The fourth-order valence-corrected chi connectivity index (χ4v) is 3.88. The van der Waals surface area contributed by atoms with Gasteiger partial charge in [0, 0.05) is 6.20 Å². The molecule has 0 fully saturated rings. The second-order valence-corrected chi connectivity index (χ2v) is 7.25. The monoisotopic (exact) mass is 350 g/mol. The van der Waals surface area contributed by atoms with Crippen LogP contribution in [-0.4, -0.2) is 40.4 Å². The average Bonchev–Trinajstić information content (AvgIpc) is 2.83. The fourth-order valence-electron chi connectivity index (χ4n) is 1.17. The van der Waals surface area contributed by atoms with Gasteiger partial charge in [-0.3, -0.25) is 9.52 Å². The lowest BCUT2D eigenvalue weighted by molar-refractivity contribution is -0.133. The summed E-state index contributed by atoms with van der Waals surface area (Å²) in [4.78, 5) is 13.9. The van der Waals surface area contributed by atoms with Crippen LogP contribution in [0.2, 0.25) is 0 Å². The van der Waals surface area contributed by atoms with E-state index >= 15 is 0 Å². The van der Waals surface area contributed by atoms with Crippen molar-refractivity contribution in [3.8, 4) is 0 Å². The first kappa shape index (κ1) is 15.6. The van der Waals surface area contributed by atoms with Gasteiger partial charge >= 0.3 is 5.97 Å². The second kappa shape index (κ2) is 6.32. The Bertz CT molecular complexity index is 764. The molecule has 2 aromatic heterocycles. The van der Waals surface area contributed by atoms with Gasteiger partial charge in [0.25, 0.3) is 10.0 Å². The molecule has 0 atom stereocenters. The molecule has 112 valence electrons. The summed E-state index contributed by atoms with van der Waals surface area (Å²) < 4.78 is 39.6. The number of carbonyl (C=O) groups is 1. The summed E-state index contributed by atoms with van der Waals surface area (Å²) in [6.07, 6.45) is 1.14. The number of nitrogens with zero attached hydrogens (tertiary/aromatic N) is 3.